The van der Waals surface area contributed by atoms with Crippen LogP contribution in [0.3, 0.4) is 0 Å². The number of benzene rings is 6. The number of nitrogens with zero attached hydrogens (tertiary/aromatic N) is 12. The molecular weight excluding hydrogens is 1400 g/mol. The fourth-order valence-electron chi connectivity index (χ4n) is 14.7. The van der Waals surface area contributed by atoms with Crippen molar-refractivity contribution in [3.8, 4) is 91.6 Å². The lowest BCUT2D eigenvalue weighted by atomic mass is 9.97. The topological polar surface area (TPSA) is 198 Å². The Morgan fingerprint density at radius 2 is 0.818 bits per heavy atom. The van der Waals surface area contributed by atoms with Crippen LogP contribution < -0.4 is 23.7 Å². The molecular formula is C87H85F3N12O8. The van der Waals surface area contributed by atoms with Gasteiger partial charge in [0.25, 0.3) is 5.91 Å². The Balaban J connectivity index is 0.000000145. The van der Waals surface area contributed by atoms with Crippen LogP contribution in [0.5, 0.6) is 46.0 Å². The van der Waals surface area contributed by atoms with Gasteiger partial charge in [-0.25, -0.2) is 19.3 Å². The van der Waals surface area contributed by atoms with Crippen molar-refractivity contribution in [2.75, 3.05) is 53.5 Å². The molecule has 0 unspecified atom stereocenters. The predicted molar refractivity (Wildman–Crippen MR) is 416 cm³/mol. The number of likely N-dealkylation sites (tertiary alicyclic amines) is 3. The molecule has 0 aliphatic carbocycles. The van der Waals surface area contributed by atoms with Gasteiger partial charge in [0.05, 0.1) is 64.9 Å². The van der Waals surface area contributed by atoms with Crippen molar-refractivity contribution in [1.82, 2.24) is 57.8 Å². The molecule has 23 heteroatoms. The number of amides is 3. The van der Waals surface area contributed by atoms with E-state index in [0.717, 1.165) is 134 Å². The molecule has 3 fully saturated rings. The number of aromatic nitrogens is 9. The molecule has 0 spiro atoms. The third kappa shape index (κ3) is 15.3. The number of ether oxygens (including phenoxy) is 5. The molecule has 0 bridgehead atoms. The summed E-state index contributed by atoms with van der Waals surface area (Å²) in [5.41, 5.74) is 14.2. The van der Waals surface area contributed by atoms with Crippen LogP contribution in [0.4, 0.5) is 13.2 Å². The molecule has 15 rings (SSSR count). The van der Waals surface area contributed by atoms with Gasteiger partial charge in [-0.3, -0.25) is 42.5 Å². The molecule has 3 atom stereocenters. The van der Waals surface area contributed by atoms with E-state index < -0.39 is 11.6 Å². The second-order valence-electron chi connectivity index (χ2n) is 27.4. The Morgan fingerprint density at radius 3 is 1.19 bits per heavy atom. The number of aryl methyl sites for hydroxylation is 7. The fourth-order valence-corrected chi connectivity index (χ4v) is 14.7. The fraction of sp³-hybridized carbons (Fsp3) is 0.276. The van der Waals surface area contributed by atoms with Crippen molar-refractivity contribution in [3.05, 3.63) is 246 Å². The number of piperidine rings is 1. The molecule has 6 aromatic heterocycles. The van der Waals surface area contributed by atoms with E-state index >= 15 is 0 Å². The van der Waals surface area contributed by atoms with Crippen molar-refractivity contribution in [1.29, 1.82) is 0 Å². The van der Waals surface area contributed by atoms with Crippen LogP contribution in [-0.2, 0) is 20.8 Å². The average Bonchev–Trinajstić information content (AvgIpc) is 1.55. The zero-order valence-corrected chi connectivity index (χ0v) is 63.2. The number of hydrogen-bond donors (Lipinski definition) is 0. The first-order chi connectivity index (χ1) is 53.2. The number of carbonyl (C=O) groups is 3. The summed E-state index contributed by atoms with van der Waals surface area (Å²) in [6.45, 7) is 26.7. The summed E-state index contributed by atoms with van der Waals surface area (Å²) in [4.78, 5) is 71.3. The van der Waals surface area contributed by atoms with Gasteiger partial charge in [-0.1, -0.05) is 50.3 Å². The lowest BCUT2D eigenvalue weighted by Gasteiger charge is -2.31. The molecule has 562 valence electrons. The average molecular weight is 1480 g/mol. The zero-order chi connectivity index (χ0) is 77.6. The molecule has 3 aliphatic heterocycles. The van der Waals surface area contributed by atoms with E-state index in [1.165, 1.54) is 26.4 Å². The third-order valence-electron chi connectivity index (χ3n) is 20.3. The minimum Gasteiger partial charge on any atom is -0.494 e. The van der Waals surface area contributed by atoms with Crippen molar-refractivity contribution >= 4 is 34.3 Å². The van der Waals surface area contributed by atoms with Crippen LogP contribution in [-0.4, -0.2) is 129 Å². The highest BCUT2D eigenvalue weighted by Crippen LogP contribution is 2.41. The first-order valence-corrected chi connectivity index (χ1v) is 36.6. The van der Waals surface area contributed by atoms with E-state index in [-0.39, 0.29) is 70.0 Å². The van der Waals surface area contributed by atoms with Gasteiger partial charge in [-0.2, -0.15) is 8.78 Å². The Labute approximate surface area is 636 Å². The molecule has 12 aromatic rings. The molecule has 20 nitrogen and oxygen atoms in total. The number of hydrogen-bond acceptors (Lipinski definition) is 14. The van der Waals surface area contributed by atoms with Crippen LogP contribution in [0, 0.1) is 70.8 Å². The van der Waals surface area contributed by atoms with Gasteiger partial charge in [-0.05, 0) is 207 Å². The molecule has 3 amide bonds. The molecule has 0 saturated carbocycles. The Kier molecular flexibility index (Phi) is 22.6. The lowest BCUT2D eigenvalue weighted by Crippen LogP contribution is -2.38. The summed E-state index contributed by atoms with van der Waals surface area (Å²) in [6.07, 6.45) is 12.4. The molecule has 3 aliphatic rings. The van der Waals surface area contributed by atoms with Crippen LogP contribution >= 0.6 is 0 Å². The van der Waals surface area contributed by atoms with Gasteiger partial charge < -0.3 is 38.4 Å². The quantitative estimate of drug-likeness (QED) is 0.0616. The number of imidazole rings is 3. The first kappa shape index (κ1) is 75.6. The lowest BCUT2D eigenvalue weighted by molar-refractivity contribution is -0.127. The standard InChI is InChI=1S/C30H31FN4O2.C29H27FN4O3.C28H27FN4O3/c1-5-21-9-7-11-25(27(21)31)37-24-14-12-22(13-15-24)28-29-20(4)32-17-19(3)35(29)30(33-28)23-10-8-16-34(18-23)26(36)6-2;1-5-7-25(35)33-15-14-21(17-33)29-32-27(28-19(3)31-16-18(2)34(28)29)20-10-12-22(13-11-20)37-24-9-6-8-23(36-4)26(24)30;1-5-24(34)32-14-13-20(16-32)28-31-26(27-18(3)30-15-17(2)33(27)28)19-9-11-21(12-10-19)36-23-8-6-7-22(35-4)25(23)29/h6-7,9,11-15,17,23H,2,5,8,10,16,18H2,1,3-4H3;6,8-13,16,21H,14-15,17H2,1-4H3;5-12,15,20H,1,13-14,16H2,2-4H3/t23-;21-;20-/m111/s1. The van der Waals surface area contributed by atoms with E-state index in [2.05, 4.69) is 53.2 Å². The second-order valence-corrected chi connectivity index (χ2v) is 27.4. The predicted octanol–water partition coefficient (Wildman–Crippen LogP) is 17.1. The van der Waals surface area contributed by atoms with Crippen molar-refractivity contribution < 1.29 is 51.2 Å². The number of rotatable bonds is 17. The van der Waals surface area contributed by atoms with Crippen LogP contribution in [0.25, 0.3) is 50.3 Å². The monoisotopic (exact) mass is 1480 g/mol. The summed E-state index contributed by atoms with van der Waals surface area (Å²) in [5, 5.41) is 0. The smallest absolute Gasteiger partial charge is 0.298 e. The van der Waals surface area contributed by atoms with Crippen LogP contribution in [0.1, 0.15) is 114 Å². The first-order valence-electron chi connectivity index (χ1n) is 36.6. The molecule has 3 saturated heterocycles. The summed E-state index contributed by atoms with van der Waals surface area (Å²) in [5.74, 6) is 8.90. The summed E-state index contributed by atoms with van der Waals surface area (Å²) >= 11 is 0. The second kappa shape index (κ2) is 32.9. The third-order valence-corrected chi connectivity index (χ3v) is 20.3. The van der Waals surface area contributed by atoms with Crippen molar-refractivity contribution in [3.63, 3.8) is 0 Å². The van der Waals surface area contributed by atoms with E-state index in [0.29, 0.717) is 62.0 Å². The maximum atomic E-state index is 14.7. The van der Waals surface area contributed by atoms with Gasteiger partial charge in [0.2, 0.25) is 23.4 Å². The minimum absolute atomic E-state index is 0.0446. The molecule has 0 N–H and O–H groups in total. The number of carbonyl (C=O) groups excluding carboxylic acids is 3. The number of halogens is 3. The SMILES string of the molecule is C=CC(=O)N1CCC[C@@H](c2nc(-c3ccc(Oc4cccc(CC)c4F)cc3)c3c(C)ncc(C)n23)C1.C=CC(=O)N1CC[C@@H](c2nc(-c3ccc(Oc4cccc(OC)c4F)cc3)c3c(C)ncc(C)n23)C1.CC#CC(=O)N1CC[C@@H](c2nc(-c3ccc(Oc4cccc(OC)c4F)cc3)c3c(C)ncc(C)n23)C1. The molecule has 6 aromatic carbocycles. The van der Waals surface area contributed by atoms with Gasteiger partial charge in [-0.15, -0.1) is 0 Å². The van der Waals surface area contributed by atoms with Crippen LogP contribution in [0.15, 0.2) is 171 Å². The van der Waals surface area contributed by atoms with Crippen molar-refractivity contribution in [2.45, 2.75) is 105 Å². The van der Waals surface area contributed by atoms with E-state index in [1.807, 2.05) is 125 Å². The zero-order valence-electron chi connectivity index (χ0n) is 63.2. The Hall–Kier alpha value is -12.6. The van der Waals surface area contributed by atoms with E-state index in [1.54, 1.807) is 90.7 Å². The maximum absolute atomic E-state index is 14.7. The maximum Gasteiger partial charge on any atom is 0.298 e. The van der Waals surface area contributed by atoms with Gasteiger partial charge in [0, 0.05) is 109 Å². The van der Waals surface area contributed by atoms with E-state index in [9.17, 15) is 27.6 Å². The highest BCUT2D eigenvalue weighted by atomic mass is 19.1. The summed E-state index contributed by atoms with van der Waals surface area (Å²) < 4.78 is 77.7. The summed E-state index contributed by atoms with van der Waals surface area (Å²) in [6, 6.07) is 37.1. The largest absolute Gasteiger partial charge is 0.494 e. The van der Waals surface area contributed by atoms with Gasteiger partial charge in [0.1, 0.15) is 34.7 Å². The van der Waals surface area contributed by atoms with Crippen LogP contribution in [0.2, 0.25) is 0 Å². The Morgan fingerprint density at radius 1 is 0.473 bits per heavy atom. The molecule has 0 radical (unpaired) electrons. The minimum atomic E-state index is -0.551. The van der Waals surface area contributed by atoms with Gasteiger partial charge >= 0.3 is 0 Å². The van der Waals surface area contributed by atoms with E-state index in [4.69, 9.17) is 38.6 Å². The molecule has 9 heterocycles. The molecule has 110 heavy (non-hydrogen) atoms. The Bertz CT molecular complexity index is 5570. The summed E-state index contributed by atoms with van der Waals surface area (Å²) in [7, 11) is 2.83. The highest BCUT2D eigenvalue weighted by molar-refractivity contribution is 5.94. The number of methoxy groups -OCH3 is 2. The van der Waals surface area contributed by atoms with Gasteiger partial charge in [0.15, 0.2) is 34.6 Å². The van der Waals surface area contributed by atoms with Crippen molar-refractivity contribution in [2.24, 2.45) is 0 Å². The highest BCUT2D eigenvalue weighted by Gasteiger charge is 2.35. The number of fused-ring (bicyclic) bond motifs is 3. The normalized spacial score (nSPS) is 15.3.